The maximum absolute atomic E-state index is 6.11. The summed E-state index contributed by atoms with van der Waals surface area (Å²) in [5, 5.41) is 3.31. The van der Waals surface area contributed by atoms with Crippen LogP contribution in [-0.2, 0) is 0 Å². The van der Waals surface area contributed by atoms with Gasteiger partial charge in [0.1, 0.15) is 5.75 Å². The minimum atomic E-state index is 0.650. The normalized spacial score (nSPS) is 10.2. The topological polar surface area (TPSA) is 47.3 Å². The van der Waals surface area contributed by atoms with Gasteiger partial charge in [-0.15, -0.1) is 0 Å². The first kappa shape index (κ1) is 13.3. The molecule has 2 rings (SSSR count). The fraction of sp³-hybridized carbons (Fsp3) is 0.250. The molecule has 0 aliphatic rings. The van der Waals surface area contributed by atoms with Crippen LogP contribution in [0.2, 0.25) is 0 Å². The monoisotopic (exact) mass is 256 g/mol. The van der Waals surface area contributed by atoms with E-state index in [4.69, 9.17) is 10.5 Å². The Bertz CT molecular complexity index is 535. The molecule has 0 saturated heterocycles. The van der Waals surface area contributed by atoms with Gasteiger partial charge in [0.2, 0.25) is 0 Å². The van der Waals surface area contributed by atoms with Gasteiger partial charge in [0.05, 0.1) is 18.0 Å². The highest BCUT2D eigenvalue weighted by molar-refractivity contribution is 5.77. The molecule has 0 radical (unpaired) electrons. The maximum Gasteiger partial charge on any atom is 0.144 e. The van der Waals surface area contributed by atoms with E-state index in [0.29, 0.717) is 12.3 Å². The van der Waals surface area contributed by atoms with E-state index in [0.717, 1.165) is 23.5 Å². The van der Waals surface area contributed by atoms with Gasteiger partial charge in [-0.2, -0.15) is 0 Å². The maximum atomic E-state index is 6.11. The lowest BCUT2D eigenvalue weighted by molar-refractivity contribution is 0.319. The molecule has 19 heavy (non-hydrogen) atoms. The Balaban J connectivity index is 2.18. The van der Waals surface area contributed by atoms with Crippen molar-refractivity contribution in [1.82, 2.24) is 0 Å². The smallest absolute Gasteiger partial charge is 0.144 e. The number of rotatable bonds is 5. The van der Waals surface area contributed by atoms with Gasteiger partial charge < -0.3 is 15.8 Å². The minimum absolute atomic E-state index is 0.650. The first-order chi connectivity index (χ1) is 9.20. The Morgan fingerprint density at radius 3 is 2.53 bits per heavy atom. The summed E-state index contributed by atoms with van der Waals surface area (Å²) in [6.45, 7) is 4.82. The molecule has 0 saturated carbocycles. The number of aryl methyl sites for hydroxylation is 1. The Kier molecular flexibility index (Phi) is 4.29. The SMILES string of the molecule is CCCOc1cccc(Nc2ccc(C)cc2)c1N. The fourth-order valence-electron chi connectivity index (χ4n) is 1.78. The predicted molar refractivity (Wildman–Crippen MR) is 81.1 cm³/mol. The minimum Gasteiger partial charge on any atom is -0.491 e. The van der Waals surface area contributed by atoms with Gasteiger partial charge in [-0.3, -0.25) is 0 Å². The highest BCUT2D eigenvalue weighted by atomic mass is 16.5. The molecule has 0 aliphatic heterocycles. The number of hydrogen-bond acceptors (Lipinski definition) is 3. The number of nitrogens with two attached hydrogens (primary N) is 1. The second kappa shape index (κ2) is 6.14. The molecule has 3 N–H and O–H groups in total. The lowest BCUT2D eigenvalue weighted by atomic mass is 10.2. The van der Waals surface area contributed by atoms with Crippen LogP contribution in [0.3, 0.4) is 0 Å². The molecule has 0 aromatic heterocycles. The third-order valence-corrected chi connectivity index (χ3v) is 2.86. The third-order valence-electron chi connectivity index (χ3n) is 2.86. The Labute approximate surface area is 114 Å². The van der Waals surface area contributed by atoms with Gasteiger partial charge in [0.15, 0.2) is 0 Å². The van der Waals surface area contributed by atoms with Gasteiger partial charge in [0.25, 0.3) is 0 Å². The standard InChI is InChI=1S/C16H20N2O/c1-3-11-19-15-6-4-5-14(16(15)17)18-13-9-7-12(2)8-10-13/h4-10,18H,3,11,17H2,1-2H3. The number of nitrogen functional groups attached to an aromatic ring is 1. The highest BCUT2D eigenvalue weighted by Crippen LogP contribution is 2.31. The van der Waals surface area contributed by atoms with E-state index >= 15 is 0 Å². The molecular formula is C16H20N2O. The molecule has 3 nitrogen and oxygen atoms in total. The predicted octanol–water partition coefficient (Wildman–Crippen LogP) is 4.11. The van der Waals surface area contributed by atoms with Crippen LogP contribution < -0.4 is 15.8 Å². The first-order valence-corrected chi connectivity index (χ1v) is 6.55. The molecule has 0 heterocycles. The van der Waals surface area contributed by atoms with Crippen molar-refractivity contribution in [3.63, 3.8) is 0 Å². The van der Waals surface area contributed by atoms with Gasteiger partial charge in [-0.25, -0.2) is 0 Å². The van der Waals surface area contributed by atoms with Crippen LogP contribution >= 0.6 is 0 Å². The highest BCUT2D eigenvalue weighted by Gasteiger charge is 2.05. The number of para-hydroxylation sites is 1. The summed E-state index contributed by atoms with van der Waals surface area (Å²) >= 11 is 0. The molecule has 0 unspecified atom stereocenters. The summed E-state index contributed by atoms with van der Waals surface area (Å²) in [6.07, 6.45) is 0.967. The molecule has 0 bridgehead atoms. The van der Waals surface area contributed by atoms with Crippen LogP contribution in [0.4, 0.5) is 17.1 Å². The zero-order valence-electron chi connectivity index (χ0n) is 11.4. The van der Waals surface area contributed by atoms with E-state index in [1.165, 1.54) is 5.56 Å². The lowest BCUT2D eigenvalue weighted by Crippen LogP contribution is -2.02. The molecule has 0 aliphatic carbocycles. The van der Waals surface area contributed by atoms with Gasteiger partial charge in [0, 0.05) is 5.69 Å². The van der Waals surface area contributed by atoms with Crippen LogP contribution in [0.1, 0.15) is 18.9 Å². The van der Waals surface area contributed by atoms with Crippen molar-refractivity contribution in [2.24, 2.45) is 0 Å². The second-order valence-corrected chi connectivity index (χ2v) is 4.56. The van der Waals surface area contributed by atoms with Crippen molar-refractivity contribution >= 4 is 17.1 Å². The van der Waals surface area contributed by atoms with E-state index in [1.54, 1.807) is 0 Å². The summed E-state index contributed by atoms with van der Waals surface area (Å²) in [6, 6.07) is 14.0. The molecule has 0 atom stereocenters. The number of anilines is 3. The molecular weight excluding hydrogens is 236 g/mol. The number of ether oxygens (including phenoxy) is 1. The summed E-state index contributed by atoms with van der Waals surface area (Å²) in [7, 11) is 0. The van der Waals surface area contributed by atoms with Crippen LogP contribution in [0, 0.1) is 6.92 Å². The molecule has 2 aromatic rings. The van der Waals surface area contributed by atoms with E-state index in [9.17, 15) is 0 Å². The van der Waals surface area contributed by atoms with E-state index in [1.807, 2.05) is 30.3 Å². The Morgan fingerprint density at radius 1 is 1.11 bits per heavy atom. The van der Waals surface area contributed by atoms with Crippen LogP contribution in [-0.4, -0.2) is 6.61 Å². The third kappa shape index (κ3) is 3.41. The van der Waals surface area contributed by atoms with Gasteiger partial charge >= 0.3 is 0 Å². The van der Waals surface area contributed by atoms with Crippen LogP contribution in [0.15, 0.2) is 42.5 Å². The zero-order chi connectivity index (χ0) is 13.7. The van der Waals surface area contributed by atoms with Gasteiger partial charge in [-0.1, -0.05) is 30.7 Å². The molecule has 100 valence electrons. The van der Waals surface area contributed by atoms with Crippen molar-refractivity contribution in [1.29, 1.82) is 0 Å². The molecule has 2 aromatic carbocycles. The average molecular weight is 256 g/mol. The first-order valence-electron chi connectivity index (χ1n) is 6.55. The van der Waals surface area contributed by atoms with E-state index < -0.39 is 0 Å². The van der Waals surface area contributed by atoms with Crippen molar-refractivity contribution in [3.8, 4) is 5.75 Å². The lowest BCUT2D eigenvalue weighted by Gasteiger charge is -2.13. The zero-order valence-corrected chi connectivity index (χ0v) is 11.4. The Hall–Kier alpha value is -2.16. The number of hydrogen-bond donors (Lipinski definition) is 2. The number of benzene rings is 2. The molecule has 0 spiro atoms. The number of nitrogens with one attached hydrogen (secondary N) is 1. The quantitative estimate of drug-likeness (QED) is 0.791. The van der Waals surface area contributed by atoms with Gasteiger partial charge in [-0.05, 0) is 37.6 Å². The summed E-state index contributed by atoms with van der Waals surface area (Å²) in [5.74, 6) is 0.735. The Morgan fingerprint density at radius 2 is 1.84 bits per heavy atom. The van der Waals surface area contributed by atoms with Crippen molar-refractivity contribution < 1.29 is 4.74 Å². The van der Waals surface area contributed by atoms with Crippen molar-refractivity contribution in [3.05, 3.63) is 48.0 Å². The van der Waals surface area contributed by atoms with E-state index in [-0.39, 0.29) is 0 Å². The van der Waals surface area contributed by atoms with Crippen molar-refractivity contribution in [2.45, 2.75) is 20.3 Å². The summed E-state index contributed by atoms with van der Waals surface area (Å²) in [4.78, 5) is 0. The molecule has 0 amide bonds. The van der Waals surface area contributed by atoms with Crippen LogP contribution in [0.25, 0.3) is 0 Å². The van der Waals surface area contributed by atoms with Crippen molar-refractivity contribution in [2.75, 3.05) is 17.7 Å². The summed E-state index contributed by atoms with van der Waals surface area (Å²) < 4.78 is 5.62. The van der Waals surface area contributed by atoms with E-state index in [2.05, 4.69) is 31.3 Å². The molecule has 3 heteroatoms. The second-order valence-electron chi connectivity index (χ2n) is 4.56. The average Bonchev–Trinajstić information content (AvgIpc) is 2.42. The fourth-order valence-corrected chi connectivity index (χ4v) is 1.78. The summed E-state index contributed by atoms with van der Waals surface area (Å²) in [5.41, 5.74) is 9.89. The molecule has 0 fully saturated rings. The van der Waals surface area contributed by atoms with Crippen LogP contribution in [0.5, 0.6) is 5.75 Å². The largest absolute Gasteiger partial charge is 0.491 e.